The minimum absolute atomic E-state index is 0.834. The van der Waals surface area contributed by atoms with Crippen LogP contribution in [0.3, 0.4) is 0 Å². The number of benzene rings is 1. The number of aryl methyl sites for hydroxylation is 1. The van der Waals surface area contributed by atoms with Crippen LogP contribution in [0.1, 0.15) is 11.1 Å². The molecule has 0 radical (unpaired) electrons. The topological polar surface area (TPSA) is 29.0 Å². The Balaban J connectivity index is 1.99. The van der Waals surface area contributed by atoms with Crippen LogP contribution in [0.4, 0.5) is 5.69 Å². The highest BCUT2D eigenvalue weighted by molar-refractivity contribution is 5.91. The first kappa shape index (κ1) is 12.6. The highest BCUT2D eigenvalue weighted by atomic mass is 15.1. The second-order valence-electron chi connectivity index (χ2n) is 5.07. The van der Waals surface area contributed by atoms with Crippen molar-refractivity contribution in [3.05, 3.63) is 66.1 Å². The minimum atomic E-state index is 0.834. The van der Waals surface area contributed by atoms with E-state index in [1.165, 1.54) is 22.2 Å². The fourth-order valence-corrected chi connectivity index (χ4v) is 2.43. The molecule has 0 aliphatic heterocycles. The molecular weight excluding hydrogens is 246 g/mol. The van der Waals surface area contributed by atoms with E-state index < -0.39 is 0 Å². The number of nitrogens with zero attached hydrogens (tertiary/aromatic N) is 3. The van der Waals surface area contributed by atoms with Crippen LogP contribution < -0.4 is 4.90 Å². The van der Waals surface area contributed by atoms with Gasteiger partial charge in [0.1, 0.15) is 0 Å². The molecule has 0 saturated heterocycles. The summed E-state index contributed by atoms with van der Waals surface area (Å²) in [5.74, 6) is 0. The van der Waals surface area contributed by atoms with E-state index in [4.69, 9.17) is 0 Å². The molecule has 0 N–H and O–H groups in total. The van der Waals surface area contributed by atoms with Crippen LogP contribution >= 0.6 is 0 Å². The van der Waals surface area contributed by atoms with E-state index in [1.54, 1.807) is 6.20 Å². The molecular formula is C17H17N3. The Hall–Kier alpha value is -2.42. The Morgan fingerprint density at radius 3 is 2.80 bits per heavy atom. The lowest BCUT2D eigenvalue weighted by Crippen LogP contribution is -2.16. The van der Waals surface area contributed by atoms with Crippen molar-refractivity contribution in [2.75, 3.05) is 11.9 Å². The Kier molecular flexibility index (Phi) is 3.33. The van der Waals surface area contributed by atoms with Gasteiger partial charge in [-0.25, -0.2) is 0 Å². The van der Waals surface area contributed by atoms with E-state index in [0.29, 0.717) is 0 Å². The van der Waals surface area contributed by atoms with Crippen LogP contribution in [0.5, 0.6) is 0 Å². The number of fused-ring (bicyclic) bond motifs is 1. The molecule has 3 aromatic rings. The van der Waals surface area contributed by atoms with E-state index in [0.717, 1.165) is 12.1 Å². The second-order valence-corrected chi connectivity index (χ2v) is 5.07. The van der Waals surface area contributed by atoms with Gasteiger partial charge in [0.05, 0.1) is 5.52 Å². The van der Waals surface area contributed by atoms with E-state index in [-0.39, 0.29) is 0 Å². The fourth-order valence-electron chi connectivity index (χ4n) is 2.43. The minimum Gasteiger partial charge on any atom is -0.370 e. The van der Waals surface area contributed by atoms with Crippen molar-refractivity contribution < 1.29 is 0 Å². The molecule has 100 valence electrons. The SMILES string of the molecule is Cc1ccc2nccc(N(C)Cc3cccnc3)c2c1. The molecule has 3 rings (SSSR count). The average molecular weight is 263 g/mol. The molecule has 0 aliphatic carbocycles. The zero-order valence-electron chi connectivity index (χ0n) is 11.7. The first-order valence-electron chi connectivity index (χ1n) is 6.69. The van der Waals surface area contributed by atoms with Gasteiger partial charge in [-0.15, -0.1) is 0 Å². The number of aromatic nitrogens is 2. The fraction of sp³-hybridized carbons (Fsp3) is 0.176. The summed E-state index contributed by atoms with van der Waals surface area (Å²) in [4.78, 5) is 10.8. The lowest BCUT2D eigenvalue weighted by Gasteiger charge is -2.21. The predicted molar refractivity (Wildman–Crippen MR) is 82.8 cm³/mol. The Bertz CT molecular complexity index is 723. The molecule has 0 amide bonds. The second kappa shape index (κ2) is 5.29. The van der Waals surface area contributed by atoms with Crippen molar-refractivity contribution in [2.45, 2.75) is 13.5 Å². The predicted octanol–water partition coefficient (Wildman–Crippen LogP) is 3.57. The number of pyridine rings is 2. The van der Waals surface area contributed by atoms with Crippen molar-refractivity contribution >= 4 is 16.6 Å². The van der Waals surface area contributed by atoms with Crippen LogP contribution in [0.15, 0.2) is 55.0 Å². The average Bonchev–Trinajstić information content (AvgIpc) is 2.47. The summed E-state index contributed by atoms with van der Waals surface area (Å²) in [7, 11) is 2.10. The van der Waals surface area contributed by atoms with Gasteiger partial charge in [0, 0.05) is 43.3 Å². The maximum absolute atomic E-state index is 4.43. The van der Waals surface area contributed by atoms with Crippen molar-refractivity contribution in [1.82, 2.24) is 9.97 Å². The molecule has 2 heterocycles. The first-order valence-corrected chi connectivity index (χ1v) is 6.69. The van der Waals surface area contributed by atoms with E-state index in [1.807, 2.05) is 18.5 Å². The third kappa shape index (κ3) is 2.48. The molecule has 0 unspecified atom stereocenters. The Morgan fingerprint density at radius 2 is 2.00 bits per heavy atom. The highest BCUT2D eigenvalue weighted by Crippen LogP contribution is 2.26. The van der Waals surface area contributed by atoms with Crippen molar-refractivity contribution in [1.29, 1.82) is 0 Å². The monoisotopic (exact) mass is 263 g/mol. The number of hydrogen-bond donors (Lipinski definition) is 0. The van der Waals surface area contributed by atoms with Crippen molar-refractivity contribution in [3.63, 3.8) is 0 Å². The molecule has 0 spiro atoms. The zero-order chi connectivity index (χ0) is 13.9. The molecule has 3 heteroatoms. The van der Waals surface area contributed by atoms with Crippen LogP contribution in [-0.2, 0) is 6.54 Å². The quantitative estimate of drug-likeness (QED) is 0.723. The Morgan fingerprint density at radius 1 is 1.10 bits per heavy atom. The van der Waals surface area contributed by atoms with Gasteiger partial charge < -0.3 is 4.90 Å². The number of hydrogen-bond acceptors (Lipinski definition) is 3. The summed E-state index contributed by atoms with van der Waals surface area (Å²) < 4.78 is 0. The number of anilines is 1. The smallest absolute Gasteiger partial charge is 0.0722 e. The molecule has 1 aromatic carbocycles. The summed E-state index contributed by atoms with van der Waals surface area (Å²) in [6, 6.07) is 12.5. The molecule has 0 fully saturated rings. The molecule has 0 atom stereocenters. The van der Waals surface area contributed by atoms with Crippen molar-refractivity contribution in [3.8, 4) is 0 Å². The molecule has 2 aromatic heterocycles. The molecule has 0 saturated carbocycles. The van der Waals surface area contributed by atoms with Gasteiger partial charge in [0.25, 0.3) is 0 Å². The van der Waals surface area contributed by atoms with E-state index in [9.17, 15) is 0 Å². The third-order valence-corrected chi connectivity index (χ3v) is 3.43. The Labute approximate surface area is 118 Å². The van der Waals surface area contributed by atoms with Crippen LogP contribution in [0.25, 0.3) is 10.9 Å². The third-order valence-electron chi connectivity index (χ3n) is 3.43. The van der Waals surface area contributed by atoms with Gasteiger partial charge in [-0.2, -0.15) is 0 Å². The van der Waals surface area contributed by atoms with Crippen LogP contribution in [0.2, 0.25) is 0 Å². The summed E-state index contributed by atoms with van der Waals surface area (Å²) >= 11 is 0. The van der Waals surface area contributed by atoms with Gasteiger partial charge in [-0.3, -0.25) is 9.97 Å². The highest BCUT2D eigenvalue weighted by Gasteiger charge is 2.07. The lowest BCUT2D eigenvalue weighted by molar-refractivity contribution is 0.919. The van der Waals surface area contributed by atoms with Gasteiger partial charge >= 0.3 is 0 Å². The van der Waals surface area contributed by atoms with Crippen LogP contribution in [0, 0.1) is 6.92 Å². The maximum Gasteiger partial charge on any atom is 0.0722 e. The summed E-state index contributed by atoms with van der Waals surface area (Å²) in [6.07, 6.45) is 5.58. The van der Waals surface area contributed by atoms with Gasteiger partial charge in [0.2, 0.25) is 0 Å². The molecule has 3 nitrogen and oxygen atoms in total. The normalized spacial score (nSPS) is 10.7. The van der Waals surface area contributed by atoms with Gasteiger partial charge in [0.15, 0.2) is 0 Å². The van der Waals surface area contributed by atoms with Crippen LogP contribution in [-0.4, -0.2) is 17.0 Å². The standard InChI is InChI=1S/C17H17N3/c1-13-5-6-16-15(10-13)17(7-9-19-16)20(2)12-14-4-3-8-18-11-14/h3-11H,12H2,1-2H3. The number of rotatable bonds is 3. The first-order chi connectivity index (χ1) is 9.74. The summed E-state index contributed by atoms with van der Waals surface area (Å²) in [5, 5.41) is 1.19. The van der Waals surface area contributed by atoms with Crippen molar-refractivity contribution in [2.24, 2.45) is 0 Å². The zero-order valence-corrected chi connectivity index (χ0v) is 11.7. The molecule has 0 aliphatic rings. The van der Waals surface area contributed by atoms with E-state index >= 15 is 0 Å². The largest absolute Gasteiger partial charge is 0.370 e. The molecule has 0 bridgehead atoms. The lowest BCUT2D eigenvalue weighted by atomic mass is 10.1. The summed E-state index contributed by atoms with van der Waals surface area (Å²) in [5.41, 5.74) is 4.68. The molecule has 20 heavy (non-hydrogen) atoms. The maximum atomic E-state index is 4.43. The summed E-state index contributed by atoms with van der Waals surface area (Å²) in [6.45, 7) is 2.94. The van der Waals surface area contributed by atoms with E-state index in [2.05, 4.69) is 59.2 Å². The van der Waals surface area contributed by atoms with Gasteiger partial charge in [-0.05, 0) is 36.8 Å². The van der Waals surface area contributed by atoms with Gasteiger partial charge in [-0.1, -0.05) is 17.7 Å².